The molecule has 0 radical (unpaired) electrons. The van der Waals surface area contributed by atoms with Crippen LogP contribution in [0, 0.1) is 0 Å². The van der Waals surface area contributed by atoms with Gasteiger partial charge < -0.3 is 5.11 Å². The van der Waals surface area contributed by atoms with Crippen LogP contribution < -0.4 is 0 Å². The minimum Gasteiger partial charge on any atom is -0.480 e. The zero-order valence-electron chi connectivity index (χ0n) is 8.02. The minimum atomic E-state index is -0.640. The number of carboxylic acid groups (broad SMARTS) is 1. The smallest absolute Gasteiger partial charge is 0.320 e. The Bertz CT molecular complexity index is 219. The van der Waals surface area contributed by atoms with Crippen molar-refractivity contribution in [2.24, 2.45) is 0 Å². The molecule has 0 aromatic carbocycles. The molecule has 14 heavy (non-hydrogen) atoms. The lowest BCUT2D eigenvalue weighted by Crippen LogP contribution is -2.42. The van der Waals surface area contributed by atoms with Gasteiger partial charge in [0.1, 0.15) is 6.04 Å². The number of rotatable bonds is 2. The molecule has 0 aromatic rings. The summed E-state index contributed by atoms with van der Waals surface area (Å²) >= 11 is 0. The van der Waals surface area contributed by atoms with Crippen LogP contribution in [0.25, 0.3) is 0 Å². The van der Waals surface area contributed by atoms with Gasteiger partial charge in [0.25, 0.3) is 0 Å². The lowest BCUT2D eigenvalue weighted by atomic mass is 10.2. The molecule has 3 nitrogen and oxygen atoms in total. The van der Waals surface area contributed by atoms with Crippen LogP contribution in [0.1, 0.15) is 25.7 Å². The van der Waals surface area contributed by atoms with Crippen molar-refractivity contribution < 1.29 is 9.90 Å². The van der Waals surface area contributed by atoms with E-state index in [-0.39, 0.29) is 6.04 Å². The molecule has 1 N–H and O–H groups in total. The van der Waals surface area contributed by atoms with Crippen molar-refractivity contribution in [2.75, 3.05) is 12.3 Å². The molecular weight excluding hydrogens is 218 g/mol. The van der Waals surface area contributed by atoms with Gasteiger partial charge in [0.2, 0.25) is 0 Å². The summed E-state index contributed by atoms with van der Waals surface area (Å²) in [7, 11) is 3.75. The Balaban J connectivity index is 1.97. The van der Waals surface area contributed by atoms with Crippen molar-refractivity contribution in [1.82, 2.24) is 4.90 Å². The summed E-state index contributed by atoms with van der Waals surface area (Å²) in [5.74, 6) is 0.575. The molecule has 80 valence electrons. The van der Waals surface area contributed by atoms with Crippen LogP contribution in [0.15, 0.2) is 0 Å². The second-order valence-corrected chi connectivity index (χ2v) is 6.41. The first-order valence-electron chi connectivity index (χ1n) is 5.06. The van der Waals surface area contributed by atoms with Gasteiger partial charge in [-0.15, -0.1) is 0 Å². The third-order valence-electron chi connectivity index (χ3n) is 2.81. The van der Waals surface area contributed by atoms with Crippen molar-refractivity contribution in [3.05, 3.63) is 0 Å². The van der Waals surface area contributed by atoms with Crippen LogP contribution in [0.2, 0.25) is 0 Å². The van der Waals surface area contributed by atoms with Crippen LogP contribution in [-0.4, -0.2) is 39.7 Å². The van der Waals surface area contributed by atoms with E-state index in [2.05, 4.69) is 4.90 Å². The Morgan fingerprint density at radius 1 is 1.36 bits per heavy atom. The minimum absolute atomic E-state index is 0.216. The van der Waals surface area contributed by atoms with Crippen LogP contribution in [-0.2, 0) is 4.79 Å². The Morgan fingerprint density at radius 2 is 2.21 bits per heavy atom. The van der Waals surface area contributed by atoms with Gasteiger partial charge in [0.05, 0.1) is 5.37 Å². The van der Waals surface area contributed by atoms with E-state index in [0.29, 0.717) is 5.37 Å². The largest absolute Gasteiger partial charge is 0.480 e. The first kappa shape index (κ1) is 10.6. The van der Waals surface area contributed by atoms with Crippen LogP contribution in [0.3, 0.4) is 0 Å². The third-order valence-corrected chi connectivity index (χ3v) is 5.70. The predicted octanol–water partition coefficient (Wildman–Crippen LogP) is 2.04. The van der Waals surface area contributed by atoms with Gasteiger partial charge in [-0.05, 0) is 25.7 Å². The van der Waals surface area contributed by atoms with Gasteiger partial charge in [0.15, 0.2) is 0 Å². The highest BCUT2D eigenvalue weighted by Gasteiger charge is 2.36. The number of carboxylic acids is 1. The van der Waals surface area contributed by atoms with Gasteiger partial charge in [0, 0.05) is 12.3 Å². The normalized spacial score (nSPS) is 34.6. The monoisotopic (exact) mass is 233 g/mol. The standard InChI is InChI=1S/C9H15NO2S2/c11-9(12)7-3-1-5-10(7)8-4-2-6-13-14-8/h7-8H,1-6H2,(H,11,12). The summed E-state index contributed by atoms with van der Waals surface area (Å²) in [6, 6.07) is -0.216. The van der Waals surface area contributed by atoms with Gasteiger partial charge in [-0.1, -0.05) is 21.6 Å². The van der Waals surface area contributed by atoms with E-state index < -0.39 is 5.97 Å². The predicted molar refractivity (Wildman–Crippen MR) is 60.4 cm³/mol. The zero-order chi connectivity index (χ0) is 9.97. The molecule has 0 saturated carbocycles. The molecule has 2 saturated heterocycles. The maximum Gasteiger partial charge on any atom is 0.320 e. The second-order valence-electron chi connectivity index (χ2n) is 3.75. The van der Waals surface area contributed by atoms with Crippen molar-refractivity contribution >= 4 is 27.6 Å². The Labute approximate surface area is 92.0 Å². The summed E-state index contributed by atoms with van der Waals surface area (Å²) in [5.41, 5.74) is 0. The van der Waals surface area contributed by atoms with Gasteiger partial charge in [-0.2, -0.15) is 0 Å². The zero-order valence-corrected chi connectivity index (χ0v) is 9.65. The second kappa shape index (κ2) is 4.77. The van der Waals surface area contributed by atoms with Gasteiger partial charge in [-0.25, -0.2) is 0 Å². The highest BCUT2D eigenvalue weighted by molar-refractivity contribution is 8.77. The highest BCUT2D eigenvalue weighted by atomic mass is 33.1. The van der Waals surface area contributed by atoms with Crippen molar-refractivity contribution in [3.63, 3.8) is 0 Å². The lowest BCUT2D eigenvalue weighted by Gasteiger charge is -2.32. The summed E-state index contributed by atoms with van der Waals surface area (Å²) in [4.78, 5) is 13.2. The molecule has 2 heterocycles. The van der Waals surface area contributed by atoms with E-state index in [1.165, 1.54) is 12.2 Å². The van der Waals surface area contributed by atoms with Crippen molar-refractivity contribution in [2.45, 2.75) is 37.1 Å². The Morgan fingerprint density at radius 3 is 2.86 bits per heavy atom. The first-order valence-corrected chi connectivity index (χ1v) is 7.44. The van der Waals surface area contributed by atoms with E-state index >= 15 is 0 Å². The van der Waals surface area contributed by atoms with Gasteiger partial charge in [-0.3, -0.25) is 9.69 Å². The molecule has 0 aliphatic carbocycles. The van der Waals surface area contributed by atoms with E-state index in [1.54, 1.807) is 0 Å². The summed E-state index contributed by atoms with van der Waals surface area (Å²) in [5, 5.41) is 9.50. The maximum absolute atomic E-state index is 11.0. The molecular formula is C9H15NO2S2. The number of likely N-dealkylation sites (tertiary alicyclic amines) is 1. The number of nitrogens with zero attached hydrogens (tertiary/aromatic N) is 1. The van der Waals surface area contributed by atoms with Crippen molar-refractivity contribution in [3.8, 4) is 0 Å². The van der Waals surface area contributed by atoms with Crippen LogP contribution in [0.4, 0.5) is 0 Å². The summed E-state index contributed by atoms with van der Waals surface area (Å²) < 4.78 is 0. The quantitative estimate of drug-likeness (QED) is 0.739. The number of carbonyl (C=O) groups is 1. The summed E-state index contributed by atoms with van der Waals surface area (Å²) in [6.07, 6.45) is 4.25. The lowest BCUT2D eigenvalue weighted by molar-refractivity contribution is -0.142. The maximum atomic E-state index is 11.0. The van der Waals surface area contributed by atoms with E-state index in [4.69, 9.17) is 5.11 Å². The highest BCUT2D eigenvalue weighted by Crippen LogP contribution is 2.40. The Hall–Kier alpha value is 0.130. The molecule has 0 amide bonds. The molecule has 2 atom stereocenters. The number of hydrogen-bond donors (Lipinski definition) is 1. The first-order chi connectivity index (χ1) is 6.79. The topological polar surface area (TPSA) is 40.5 Å². The molecule has 0 bridgehead atoms. The Kier molecular flexibility index (Phi) is 3.62. The fraction of sp³-hybridized carbons (Fsp3) is 0.889. The SMILES string of the molecule is O=C(O)C1CCCN1C1CCCSS1. The number of hydrogen-bond acceptors (Lipinski definition) is 4. The molecule has 5 heteroatoms. The van der Waals surface area contributed by atoms with Crippen molar-refractivity contribution in [1.29, 1.82) is 0 Å². The molecule has 2 rings (SSSR count). The molecule has 0 spiro atoms. The van der Waals surface area contributed by atoms with Crippen LogP contribution in [0.5, 0.6) is 0 Å². The molecule has 0 aromatic heterocycles. The molecule has 2 aliphatic rings. The fourth-order valence-corrected chi connectivity index (χ4v) is 5.01. The fourth-order valence-electron chi connectivity index (χ4n) is 2.11. The average Bonchev–Trinajstić information content (AvgIpc) is 2.67. The number of aliphatic carboxylic acids is 1. The van der Waals surface area contributed by atoms with E-state index in [1.807, 2.05) is 21.6 Å². The molecule has 2 aliphatic heterocycles. The molecule has 2 fully saturated rings. The van der Waals surface area contributed by atoms with Crippen LogP contribution >= 0.6 is 21.6 Å². The summed E-state index contributed by atoms with van der Waals surface area (Å²) in [6.45, 7) is 0.967. The third kappa shape index (κ3) is 2.20. The average molecular weight is 233 g/mol. The van der Waals surface area contributed by atoms with E-state index in [0.717, 1.165) is 25.8 Å². The van der Waals surface area contributed by atoms with Gasteiger partial charge >= 0.3 is 5.97 Å². The van der Waals surface area contributed by atoms with E-state index in [9.17, 15) is 4.79 Å². The molecule has 2 unspecified atom stereocenters.